The standard InChI is InChI=1S/C18H23FN4O/c1-13-15(12-21-23(13)17-6-4-3-5-16(17)19)18(24)22-9-7-14(8-10-22)11-20-2/h3-6,12,14,20H,7-11H2,1-2H3. The molecule has 1 amide bonds. The Morgan fingerprint density at radius 1 is 1.33 bits per heavy atom. The molecule has 6 heteroatoms. The summed E-state index contributed by atoms with van der Waals surface area (Å²) in [4.78, 5) is 14.7. The highest BCUT2D eigenvalue weighted by molar-refractivity contribution is 5.95. The molecule has 2 aromatic rings. The molecule has 0 saturated carbocycles. The average Bonchev–Trinajstić information content (AvgIpc) is 2.97. The van der Waals surface area contributed by atoms with E-state index in [-0.39, 0.29) is 11.7 Å². The molecule has 1 N–H and O–H groups in total. The molecule has 1 fully saturated rings. The van der Waals surface area contributed by atoms with Crippen LogP contribution in [0.2, 0.25) is 0 Å². The molecular formula is C18H23FN4O. The molecule has 1 aromatic carbocycles. The Kier molecular flexibility index (Phi) is 4.94. The van der Waals surface area contributed by atoms with Crippen molar-refractivity contribution >= 4 is 5.91 Å². The highest BCUT2D eigenvalue weighted by Gasteiger charge is 2.26. The number of benzene rings is 1. The molecule has 0 unspecified atom stereocenters. The predicted molar refractivity (Wildman–Crippen MR) is 90.8 cm³/mol. The van der Waals surface area contributed by atoms with Crippen molar-refractivity contribution < 1.29 is 9.18 Å². The number of nitrogens with zero attached hydrogens (tertiary/aromatic N) is 3. The number of carbonyl (C=O) groups is 1. The van der Waals surface area contributed by atoms with Gasteiger partial charge in [0.15, 0.2) is 0 Å². The third kappa shape index (κ3) is 3.19. The van der Waals surface area contributed by atoms with Crippen LogP contribution in [0.5, 0.6) is 0 Å². The van der Waals surface area contributed by atoms with E-state index in [1.165, 1.54) is 10.7 Å². The van der Waals surface area contributed by atoms with Gasteiger partial charge in [-0.2, -0.15) is 5.10 Å². The molecule has 0 spiro atoms. The van der Waals surface area contributed by atoms with E-state index in [0.717, 1.165) is 32.5 Å². The van der Waals surface area contributed by atoms with Crippen LogP contribution in [0.4, 0.5) is 4.39 Å². The predicted octanol–water partition coefficient (Wildman–Crippen LogP) is 2.39. The van der Waals surface area contributed by atoms with Gasteiger partial charge in [0.05, 0.1) is 17.5 Å². The minimum Gasteiger partial charge on any atom is -0.339 e. The first kappa shape index (κ1) is 16.6. The van der Waals surface area contributed by atoms with Crippen molar-refractivity contribution in [3.63, 3.8) is 0 Å². The zero-order valence-electron chi connectivity index (χ0n) is 14.1. The molecule has 1 saturated heterocycles. The van der Waals surface area contributed by atoms with Crippen LogP contribution in [0.1, 0.15) is 28.9 Å². The van der Waals surface area contributed by atoms with E-state index in [1.807, 2.05) is 11.9 Å². The molecule has 3 rings (SSSR count). The highest BCUT2D eigenvalue weighted by atomic mass is 19.1. The summed E-state index contributed by atoms with van der Waals surface area (Å²) in [5.41, 5.74) is 1.58. The second kappa shape index (κ2) is 7.13. The minimum atomic E-state index is -0.351. The first-order chi connectivity index (χ1) is 11.6. The summed E-state index contributed by atoms with van der Waals surface area (Å²) >= 11 is 0. The van der Waals surface area contributed by atoms with Gasteiger partial charge in [-0.25, -0.2) is 9.07 Å². The molecule has 128 valence electrons. The molecule has 2 heterocycles. The molecule has 1 aliphatic rings. The number of aromatic nitrogens is 2. The van der Waals surface area contributed by atoms with Gasteiger partial charge in [0.1, 0.15) is 11.5 Å². The summed E-state index contributed by atoms with van der Waals surface area (Å²) in [5, 5.41) is 7.42. The third-order valence-electron chi connectivity index (χ3n) is 4.72. The lowest BCUT2D eigenvalue weighted by molar-refractivity contribution is 0.0690. The van der Waals surface area contributed by atoms with Gasteiger partial charge in [-0.1, -0.05) is 12.1 Å². The van der Waals surface area contributed by atoms with Crippen LogP contribution in [-0.2, 0) is 0 Å². The second-order valence-corrected chi connectivity index (χ2v) is 6.30. The fraction of sp³-hybridized carbons (Fsp3) is 0.444. The Hall–Kier alpha value is -2.21. The number of rotatable bonds is 4. The van der Waals surface area contributed by atoms with Gasteiger partial charge in [-0.3, -0.25) is 4.79 Å². The zero-order valence-corrected chi connectivity index (χ0v) is 14.1. The summed E-state index contributed by atoms with van der Waals surface area (Å²) in [6.45, 7) is 4.32. The van der Waals surface area contributed by atoms with Crippen LogP contribution >= 0.6 is 0 Å². The van der Waals surface area contributed by atoms with E-state index in [9.17, 15) is 9.18 Å². The number of likely N-dealkylation sites (tertiary alicyclic amines) is 1. The SMILES string of the molecule is CNCC1CCN(C(=O)c2cnn(-c3ccccc3F)c2C)CC1. The van der Waals surface area contributed by atoms with Gasteiger partial charge in [-0.05, 0) is 51.4 Å². The maximum absolute atomic E-state index is 14.0. The Morgan fingerprint density at radius 2 is 2.04 bits per heavy atom. The lowest BCUT2D eigenvalue weighted by Crippen LogP contribution is -2.40. The van der Waals surface area contributed by atoms with Crippen molar-refractivity contribution in [3.05, 3.63) is 47.5 Å². The van der Waals surface area contributed by atoms with Crippen molar-refractivity contribution in [2.45, 2.75) is 19.8 Å². The smallest absolute Gasteiger partial charge is 0.257 e. The zero-order chi connectivity index (χ0) is 17.1. The van der Waals surface area contributed by atoms with Crippen molar-refractivity contribution in [1.29, 1.82) is 0 Å². The van der Waals surface area contributed by atoms with Gasteiger partial charge in [-0.15, -0.1) is 0 Å². The first-order valence-electron chi connectivity index (χ1n) is 8.35. The summed E-state index contributed by atoms with van der Waals surface area (Å²) < 4.78 is 15.5. The normalized spacial score (nSPS) is 15.7. The van der Waals surface area contributed by atoms with Crippen LogP contribution in [0.3, 0.4) is 0 Å². The molecule has 1 aliphatic heterocycles. The van der Waals surface area contributed by atoms with Crippen LogP contribution in [-0.4, -0.2) is 47.3 Å². The summed E-state index contributed by atoms with van der Waals surface area (Å²) in [5.74, 6) is 0.259. The number of para-hydroxylation sites is 1. The quantitative estimate of drug-likeness (QED) is 0.936. The lowest BCUT2D eigenvalue weighted by Gasteiger charge is -2.31. The molecule has 0 bridgehead atoms. The average molecular weight is 330 g/mol. The van der Waals surface area contributed by atoms with E-state index in [0.29, 0.717) is 22.9 Å². The molecule has 24 heavy (non-hydrogen) atoms. The van der Waals surface area contributed by atoms with Crippen molar-refractivity contribution in [2.24, 2.45) is 5.92 Å². The largest absolute Gasteiger partial charge is 0.339 e. The Balaban J connectivity index is 1.77. The van der Waals surface area contributed by atoms with Crippen molar-refractivity contribution in [1.82, 2.24) is 20.0 Å². The molecular weight excluding hydrogens is 307 g/mol. The second-order valence-electron chi connectivity index (χ2n) is 6.30. The fourth-order valence-corrected chi connectivity index (χ4v) is 3.29. The molecule has 1 aromatic heterocycles. The number of nitrogens with one attached hydrogen (secondary N) is 1. The number of amides is 1. The minimum absolute atomic E-state index is 0.0157. The molecule has 0 radical (unpaired) electrons. The first-order valence-corrected chi connectivity index (χ1v) is 8.35. The third-order valence-corrected chi connectivity index (χ3v) is 4.72. The fourth-order valence-electron chi connectivity index (χ4n) is 3.29. The van der Waals surface area contributed by atoms with Gasteiger partial charge in [0, 0.05) is 13.1 Å². The van der Waals surface area contributed by atoms with Crippen molar-refractivity contribution in [2.75, 3.05) is 26.7 Å². The van der Waals surface area contributed by atoms with Crippen LogP contribution in [0.25, 0.3) is 5.69 Å². The maximum atomic E-state index is 14.0. The molecule has 0 atom stereocenters. The van der Waals surface area contributed by atoms with Crippen LogP contribution in [0, 0.1) is 18.7 Å². The van der Waals surface area contributed by atoms with Gasteiger partial charge < -0.3 is 10.2 Å². The van der Waals surface area contributed by atoms with Crippen LogP contribution < -0.4 is 5.32 Å². The van der Waals surface area contributed by atoms with E-state index in [2.05, 4.69) is 10.4 Å². The number of carbonyl (C=O) groups excluding carboxylic acids is 1. The molecule has 0 aliphatic carbocycles. The van der Waals surface area contributed by atoms with Gasteiger partial charge in [0.25, 0.3) is 5.91 Å². The van der Waals surface area contributed by atoms with Gasteiger partial charge in [0.2, 0.25) is 0 Å². The topological polar surface area (TPSA) is 50.2 Å². The lowest BCUT2D eigenvalue weighted by atomic mass is 9.96. The maximum Gasteiger partial charge on any atom is 0.257 e. The number of hydrogen-bond acceptors (Lipinski definition) is 3. The summed E-state index contributed by atoms with van der Waals surface area (Å²) in [6, 6.07) is 6.45. The Morgan fingerprint density at radius 3 is 2.71 bits per heavy atom. The Labute approximate surface area is 141 Å². The number of piperidine rings is 1. The van der Waals surface area contributed by atoms with E-state index in [1.54, 1.807) is 31.3 Å². The number of hydrogen-bond donors (Lipinski definition) is 1. The van der Waals surface area contributed by atoms with Gasteiger partial charge >= 0.3 is 0 Å². The van der Waals surface area contributed by atoms with Crippen LogP contribution in [0.15, 0.2) is 30.5 Å². The van der Waals surface area contributed by atoms with Crippen molar-refractivity contribution in [3.8, 4) is 5.69 Å². The summed E-state index contributed by atoms with van der Waals surface area (Å²) in [7, 11) is 1.96. The molecule has 5 nitrogen and oxygen atoms in total. The highest BCUT2D eigenvalue weighted by Crippen LogP contribution is 2.21. The monoisotopic (exact) mass is 330 g/mol. The number of halogens is 1. The Bertz CT molecular complexity index is 720. The van der Waals surface area contributed by atoms with E-state index < -0.39 is 0 Å². The van der Waals surface area contributed by atoms with E-state index >= 15 is 0 Å². The van der Waals surface area contributed by atoms with E-state index in [4.69, 9.17) is 0 Å². The summed E-state index contributed by atoms with van der Waals surface area (Å²) in [6.07, 6.45) is 3.56.